The Labute approximate surface area is 155 Å². The first kappa shape index (κ1) is 18.6. The van der Waals surface area contributed by atoms with Crippen LogP contribution in [0.15, 0.2) is 40.9 Å². The second kappa shape index (κ2) is 7.57. The molecular weight excluding hydrogens is 351 g/mol. The Morgan fingerprint density at radius 1 is 1.19 bits per heavy atom. The summed E-state index contributed by atoms with van der Waals surface area (Å²) in [5, 5.41) is 3.97. The van der Waals surface area contributed by atoms with Gasteiger partial charge >= 0.3 is 5.97 Å². The van der Waals surface area contributed by atoms with Crippen LogP contribution in [0.2, 0.25) is 0 Å². The largest absolute Gasteiger partial charge is 0.457 e. The Bertz CT molecular complexity index is 1000. The number of aryl methyl sites for hydroxylation is 2. The van der Waals surface area contributed by atoms with Crippen LogP contribution in [-0.2, 0) is 16.0 Å². The summed E-state index contributed by atoms with van der Waals surface area (Å²) in [6, 6.07) is 9.19. The molecule has 0 amide bonds. The molecule has 0 saturated heterocycles. The van der Waals surface area contributed by atoms with Gasteiger partial charge in [-0.3, -0.25) is 14.2 Å². The van der Waals surface area contributed by atoms with Gasteiger partial charge in [-0.1, -0.05) is 17.3 Å². The molecule has 6 nitrogen and oxygen atoms in total. The van der Waals surface area contributed by atoms with E-state index in [1.54, 1.807) is 36.6 Å². The smallest absolute Gasteiger partial charge is 0.310 e. The van der Waals surface area contributed by atoms with Gasteiger partial charge in [-0.2, -0.15) is 0 Å². The minimum absolute atomic E-state index is 0.0950. The molecule has 1 aromatic carbocycles. The molecule has 2 aromatic heterocycles. The fraction of sp³-hybridized carbons (Fsp3) is 0.250. The molecular formula is C20H19FN2O4. The van der Waals surface area contributed by atoms with Crippen molar-refractivity contribution in [3.8, 4) is 5.82 Å². The number of hydrogen-bond donors (Lipinski definition) is 0. The number of Topliss-reactive ketones (excluding diaryl/α,β-unsaturated/α-hetero) is 1. The molecule has 0 spiro atoms. The maximum atomic E-state index is 13.2. The van der Waals surface area contributed by atoms with Gasteiger partial charge in [0.2, 0.25) is 5.78 Å². The van der Waals surface area contributed by atoms with Crippen molar-refractivity contribution in [2.45, 2.75) is 27.2 Å². The molecule has 0 unspecified atom stereocenters. The van der Waals surface area contributed by atoms with E-state index in [1.807, 2.05) is 6.92 Å². The lowest BCUT2D eigenvalue weighted by molar-refractivity contribution is -0.141. The number of nitrogens with zero attached hydrogens (tertiary/aromatic N) is 2. The lowest BCUT2D eigenvalue weighted by Gasteiger charge is -2.06. The van der Waals surface area contributed by atoms with Crippen molar-refractivity contribution in [2.24, 2.45) is 0 Å². The number of ether oxygens (including phenoxy) is 1. The number of halogens is 1. The highest BCUT2D eigenvalue weighted by Gasteiger charge is 2.19. The molecule has 0 radical (unpaired) electrons. The van der Waals surface area contributed by atoms with E-state index >= 15 is 0 Å². The van der Waals surface area contributed by atoms with E-state index in [-0.39, 0.29) is 18.8 Å². The predicted octanol–water partition coefficient (Wildman–Crippen LogP) is 3.50. The van der Waals surface area contributed by atoms with Crippen molar-refractivity contribution in [3.05, 3.63) is 70.5 Å². The van der Waals surface area contributed by atoms with Gasteiger partial charge in [0.05, 0.1) is 6.42 Å². The second-order valence-electron chi connectivity index (χ2n) is 6.31. The second-order valence-corrected chi connectivity index (χ2v) is 6.31. The van der Waals surface area contributed by atoms with Gasteiger partial charge < -0.3 is 9.26 Å². The van der Waals surface area contributed by atoms with Crippen LogP contribution in [0.3, 0.4) is 0 Å². The van der Waals surface area contributed by atoms with Crippen molar-refractivity contribution < 1.29 is 23.2 Å². The lowest BCUT2D eigenvalue weighted by atomic mass is 10.1. The molecule has 0 aliphatic carbocycles. The molecule has 3 aromatic rings. The molecule has 0 bridgehead atoms. The topological polar surface area (TPSA) is 74.3 Å². The van der Waals surface area contributed by atoms with Crippen LogP contribution < -0.4 is 0 Å². The normalized spacial score (nSPS) is 10.8. The van der Waals surface area contributed by atoms with Gasteiger partial charge in [-0.05, 0) is 44.5 Å². The monoisotopic (exact) mass is 370 g/mol. The van der Waals surface area contributed by atoms with Crippen LogP contribution in [0.5, 0.6) is 0 Å². The number of benzene rings is 1. The standard InChI is InChI=1S/C20H19FN2O4/c1-12-7-17(14(3)23(12)19-8-13(2)27-22-19)18(24)11-26-20(25)10-15-5-4-6-16(21)9-15/h4-9H,10-11H2,1-3H3. The number of rotatable bonds is 6. The molecule has 27 heavy (non-hydrogen) atoms. The molecule has 0 atom stereocenters. The Hall–Kier alpha value is -3.22. The zero-order valence-corrected chi connectivity index (χ0v) is 15.3. The molecule has 0 aliphatic rings. The summed E-state index contributed by atoms with van der Waals surface area (Å²) in [6.45, 7) is 5.05. The van der Waals surface area contributed by atoms with Gasteiger partial charge in [0.15, 0.2) is 12.4 Å². The summed E-state index contributed by atoms with van der Waals surface area (Å²) in [6.07, 6.45) is -0.0950. The van der Waals surface area contributed by atoms with E-state index in [4.69, 9.17) is 9.26 Å². The first-order valence-electron chi connectivity index (χ1n) is 8.41. The SMILES string of the molecule is Cc1cc(-n2c(C)cc(C(=O)COC(=O)Cc3cccc(F)c3)c2C)no1. The summed E-state index contributed by atoms with van der Waals surface area (Å²) in [7, 11) is 0. The van der Waals surface area contributed by atoms with Crippen molar-refractivity contribution in [2.75, 3.05) is 6.61 Å². The predicted molar refractivity (Wildman–Crippen MR) is 95.4 cm³/mol. The number of carbonyl (C=O) groups excluding carboxylic acids is 2. The number of hydrogen-bond acceptors (Lipinski definition) is 5. The third-order valence-electron chi connectivity index (χ3n) is 4.18. The van der Waals surface area contributed by atoms with Gasteiger partial charge in [0, 0.05) is 23.0 Å². The number of ketones is 1. The highest BCUT2D eigenvalue weighted by Crippen LogP contribution is 2.21. The third-order valence-corrected chi connectivity index (χ3v) is 4.18. The van der Waals surface area contributed by atoms with Gasteiger partial charge in [-0.25, -0.2) is 4.39 Å². The first-order chi connectivity index (χ1) is 12.8. The Balaban J connectivity index is 1.67. The van der Waals surface area contributed by atoms with Crippen molar-refractivity contribution in [3.63, 3.8) is 0 Å². The van der Waals surface area contributed by atoms with Crippen molar-refractivity contribution >= 4 is 11.8 Å². The molecule has 2 heterocycles. The van der Waals surface area contributed by atoms with Crippen LogP contribution in [0.4, 0.5) is 4.39 Å². The fourth-order valence-electron chi connectivity index (χ4n) is 2.94. The van der Waals surface area contributed by atoms with Crippen LogP contribution in [0, 0.1) is 26.6 Å². The quantitative estimate of drug-likeness (QED) is 0.490. The number of esters is 1. The van der Waals surface area contributed by atoms with E-state index in [2.05, 4.69) is 5.16 Å². The Kier molecular flexibility index (Phi) is 5.21. The molecule has 0 fully saturated rings. The average Bonchev–Trinajstić information content (AvgIpc) is 3.15. The third kappa shape index (κ3) is 4.13. The lowest BCUT2D eigenvalue weighted by Crippen LogP contribution is -2.16. The van der Waals surface area contributed by atoms with E-state index in [0.29, 0.717) is 28.4 Å². The zero-order valence-electron chi connectivity index (χ0n) is 15.3. The number of aromatic nitrogens is 2. The van der Waals surface area contributed by atoms with E-state index in [1.165, 1.54) is 18.2 Å². The van der Waals surface area contributed by atoms with Gasteiger partial charge in [0.1, 0.15) is 11.6 Å². The summed E-state index contributed by atoms with van der Waals surface area (Å²) < 4.78 is 25.1. The maximum absolute atomic E-state index is 13.2. The number of carbonyl (C=O) groups is 2. The average molecular weight is 370 g/mol. The highest BCUT2D eigenvalue weighted by molar-refractivity contribution is 5.99. The maximum Gasteiger partial charge on any atom is 0.310 e. The summed E-state index contributed by atoms with van der Waals surface area (Å²) >= 11 is 0. The zero-order chi connectivity index (χ0) is 19.6. The van der Waals surface area contributed by atoms with Crippen LogP contribution in [0.1, 0.15) is 33.1 Å². The minimum atomic E-state index is -0.588. The molecule has 3 rings (SSSR count). The van der Waals surface area contributed by atoms with E-state index in [9.17, 15) is 14.0 Å². The van der Waals surface area contributed by atoms with Gasteiger partial charge in [0.25, 0.3) is 0 Å². The van der Waals surface area contributed by atoms with Crippen LogP contribution in [-0.4, -0.2) is 28.1 Å². The van der Waals surface area contributed by atoms with E-state index in [0.717, 1.165) is 5.69 Å². The molecule has 0 N–H and O–H groups in total. The highest BCUT2D eigenvalue weighted by atomic mass is 19.1. The van der Waals surface area contributed by atoms with Crippen LogP contribution in [0.25, 0.3) is 5.82 Å². The van der Waals surface area contributed by atoms with Crippen molar-refractivity contribution in [1.82, 2.24) is 9.72 Å². The summed E-state index contributed by atoms with van der Waals surface area (Å²) in [5.74, 6) is -0.0785. The fourth-order valence-corrected chi connectivity index (χ4v) is 2.94. The summed E-state index contributed by atoms with van der Waals surface area (Å²) in [5.41, 5.74) is 2.45. The molecule has 7 heteroatoms. The molecule has 0 aliphatic heterocycles. The first-order valence-corrected chi connectivity index (χ1v) is 8.41. The Morgan fingerprint density at radius 2 is 1.96 bits per heavy atom. The van der Waals surface area contributed by atoms with Crippen molar-refractivity contribution in [1.29, 1.82) is 0 Å². The summed E-state index contributed by atoms with van der Waals surface area (Å²) in [4.78, 5) is 24.4. The molecule has 140 valence electrons. The van der Waals surface area contributed by atoms with Gasteiger partial charge in [-0.15, -0.1) is 0 Å². The van der Waals surface area contributed by atoms with E-state index < -0.39 is 11.8 Å². The Morgan fingerprint density at radius 3 is 2.63 bits per heavy atom. The minimum Gasteiger partial charge on any atom is -0.457 e. The van der Waals surface area contributed by atoms with Crippen LogP contribution >= 0.6 is 0 Å². The molecule has 0 saturated carbocycles.